The summed E-state index contributed by atoms with van der Waals surface area (Å²) in [5.41, 5.74) is 7.49. The minimum atomic E-state index is -0.897. The van der Waals surface area contributed by atoms with Gasteiger partial charge in [0.15, 0.2) is 0 Å². The number of nitrogens with two attached hydrogens (primary N) is 1. The van der Waals surface area contributed by atoms with Gasteiger partial charge in [-0.15, -0.1) is 0 Å². The fraction of sp³-hybridized carbons (Fsp3) is 0.348. The fourth-order valence-electron chi connectivity index (χ4n) is 2.99. The van der Waals surface area contributed by atoms with Gasteiger partial charge < -0.3 is 30.7 Å². The van der Waals surface area contributed by atoms with E-state index in [1.165, 1.54) is 6.08 Å². The van der Waals surface area contributed by atoms with E-state index in [-0.39, 0.29) is 19.1 Å². The quantitative estimate of drug-likeness (QED) is 0.314. The van der Waals surface area contributed by atoms with Crippen LogP contribution in [-0.4, -0.2) is 42.0 Å². The van der Waals surface area contributed by atoms with Crippen LogP contribution in [0.25, 0.3) is 0 Å². The molecule has 0 aliphatic carbocycles. The van der Waals surface area contributed by atoms with Crippen molar-refractivity contribution in [2.45, 2.75) is 32.0 Å². The third-order valence-electron chi connectivity index (χ3n) is 4.43. The average Bonchev–Trinajstić information content (AvgIpc) is 2.75. The van der Waals surface area contributed by atoms with Crippen LogP contribution in [0.1, 0.15) is 31.4 Å². The van der Waals surface area contributed by atoms with Gasteiger partial charge in [0.2, 0.25) is 5.91 Å². The maximum Gasteiger partial charge on any atom is 0.248 e. The molecule has 2 atom stereocenters. The number of rotatable bonds is 12. The lowest BCUT2D eigenvalue weighted by Gasteiger charge is -2.24. The van der Waals surface area contributed by atoms with E-state index in [0.717, 1.165) is 0 Å². The number of hydrogen-bond donors (Lipinski definition) is 4. The number of allylic oxidation sites excluding steroid dienone is 1. The molecule has 162 valence electrons. The molecule has 2 aromatic carbocycles. The molecule has 0 spiro atoms. The Hall–Kier alpha value is -2.87. The van der Waals surface area contributed by atoms with Gasteiger partial charge >= 0.3 is 0 Å². The highest BCUT2D eigenvalue weighted by molar-refractivity contribution is 6.01. The van der Waals surface area contributed by atoms with E-state index in [4.69, 9.17) is 20.3 Å². The lowest BCUT2D eigenvalue weighted by Crippen LogP contribution is -2.23. The predicted octanol–water partition coefficient (Wildman–Crippen LogP) is 3.05. The van der Waals surface area contributed by atoms with Crippen molar-refractivity contribution < 1.29 is 24.5 Å². The first kappa shape index (κ1) is 23.4. The second-order valence-corrected chi connectivity index (χ2v) is 6.60. The number of hydrogen-bond acceptors (Lipinski definition) is 6. The molecule has 0 fully saturated rings. The number of benzene rings is 2. The minimum Gasteiger partial charge on any atom is -0.491 e. The number of carbonyl (C=O) groups excluding carboxylic acids is 1. The summed E-state index contributed by atoms with van der Waals surface area (Å²) in [7, 11) is 0. The summed E-state index contributed by atoms with van der Waals surface area (Å²) in [4.78, 5) is 12.1. The molecule has 0 heterocycles. The first-order valence-electron chi connectivity index (χ1n) is 10.0. The van der Waals surface area contributed by atoms with Gasteiger partial charge in [-0.3, -0.25) is 4.79 Å². The SMILES string of the molecule is CCO[C@@H](CC/C=C/C(=O)Nc1ccccc1N)[C@@H](O)c1ccccc1OCCO. The molecule has 30 heavy (non-hydrogen) atoms. The lowest BCUT2D eigenvalue weighted by atomic mass is 9.99. The third kappa shape index (κ3) is 7.18. The first-order chi connectivity index (χ1) is 14.6. The largest absolute Gasteiger partial charge is 0.491 e. The van der Waals surface area contributed by atoms with Crippen LogP contribution >= 0.6 is 0 Å². The Morgan fingerprint density at radius 3 is 2.67 bits per heavy atom. The second kappa shape index (κ2) is 12.6. The van der Waals surface area contributed by atoms with Crippen molar-refractivity contribution in [3.63, 3.8) is 0 Å². The van der Waals surface area contributed by atoms with Gasteiger partial charge in [0.1, 0.15) is 18.5 Å². The van der Waals surface area contributed by atoms with Crippen molar-refractivity contribution in [3.8, 4) is 5.75 Å². The molecule has 0 bridgehead atoms. The zero-order chi connectivity index (χ0) is 21.8. The second-order valence-electron chi connectivity index (χ2n) is 6.60. The summed E-state index contributed by atoms with van der Waals surface area (Å²) in [5, 5.41) is 22.6. The number of aliphatic hydroxyl groups excluding tert-OH is 2. The summed E-state index contributed by atoms with van der Waals surface area (Å²) in [6, 6.07) is 14.2. The molecule has 7 nitrogen and oxygen atoms in total. The van der Waals surface area contributed by atoms with E-state index in [2.05, 4.69) is 5.32 Å². The lowest BCUT2D eigenvalue weighted by molar-refractivity contribution is -0.111. The first-order valence-corrected chi connectivity index (χ1v) is 10.0. The van der Waals surface area contributed by atoms with Gasteiger partial charge in [-0.25, -0.2) is 0 Å². The van der Waals surface area contributed by atoms with E-state index < -0.39 is 12.2 Å². The molecule has 0 aliphatic heterocycles. The standard InChI is InChI=1S/C23H30N2O5/c1-2-29-21(23(28)17-9-3-6-12-20(17)30-16-15-26)13-7-8-14-22(27)25-19-11-5-4-10-18(19)24/h3-6,8-12,14,21,23,26,28H,2,7,13,15-16,24H2,1H3,(H,25,27)/b14-8+/t21-,23-/m0/s1. The van der Waals surface area contributed by atoms with Crippen molar-refractivity contribution in [1.29, 1.82) is 0 Å². The van der Waals surface area contributed by atoms with Crippen molar-refractivity contribution in [1.82, 2.24) is 0 Å². The van der Waals surface area contributed by atoms with Crippen molar-refractivity contribution in [2.75, 3.05) is 30.9 Å². The average molecular weight is 415 g/mol. The number of nitrogen functional groups attached to an aromatic ring is 1. The molecule has 0 unspecified atom stereocenters. The molecule has 7 heteroatoms. The third-order valence-corrected chi connectivity index (χ3v) is 4.43. The monoisotopic (exact) mass is 414 g/mol. The molecule has 0 saturated carbocycles. The number of anilines is 2. The van der Waals surface area contributed by atoms with E-state index in [1.54, 1.807) is 48.5 Å². The van der Waals surface area contributed by atoms with Crippen LogP contribution in [0.3, 0.4) is 0 Å². The summed E-state index contributed by atoms with van der Waals surface area (Å²) in [6.07, 6.45) is 2.87. The van der Waals surface area contributed by atoms with Gasteiger partial charge in [-0.05, 0) is 44.0 Å². The zero-order valence-corrected chi connectivity index (χ0v) is 17.2. The van der Waals surface area contributed by atoms with E-state index in [1.807, 2.05) is 13.0 Å². The molecule has 0 radical (unpaired) electrons. The number of amides is 1. The van der Waals surface area contributed by atoms with E-state index in [9.17, 15) is 9.90 Å². The summed E-state index contributed by atoms with van der Waals surface area (Å²) in [6.45, 7) is 2.34. The maximum atomic E-state index is 12.1. The van der Waals surface area contributed by atoms with Gasteiger partial charge in [0.25, 0.3) is 0 Å². The van der Waals surface area contributed by atoms with Gasteiger partial charge in [-0.1, -0.05) is 36.4 Å². The van der Waals surface area contributed by atoms with Crippen LogP contribution in [0.15, 0.2) is 60.7 Å². The molecule has 0 aromatic heterocycles. The van der Waals surface area contributed by atoms with E-state index in [0.29, 0.717) is 42.1 Å². The predicted molar refractivity (Wildman–Crippen MR) is 117 cm³/mol. The molecular formula is C23H30N2O5. The topological polar surface area (TPSA) is 114 Å². The summed E-state index contributed by atoms with van der Waals surface area (Å²) < 4.78 is 11.2. The number of aliphatic hydroxyl groups is 2. The Balaban J connectivity index is 1.94. The summed E-state index contributed by atoms with van der Waals surface area (Å²) in [5.74, 6) is 0.239. The minimum absolute atomic E-state index is 0.110. The highest BCUT2D eigenvalue weighted by Gasteiger charge is 2.23. The van der Waals surface area contributed by atoms with Gasteiger partial charge in [-0.2, -0.15) is 0 Å². The number of ether oxygens (including phenoxy) is 2. The van der Waals surface area contributed by atoms with Crippen molar-refractivity contribution in [3.05, 3.63) is 66.2 Å². The molecule has 2 rings (SSSR count). The molecular weight excluding hydrogens is 384 g/mol. The summed E-state index contributed by atoms with van der Waals surface area (Å²) >= 11 is 0. The molecule has 2 aromatic rings. The van der Waals surface area contributed by atoms with Crippen LogP contribution in [0, 0.1) is 0 Å². The number of nitrogens with one attached hydrogen (secondary N) is 1. The van der Waals surface area contributed by atoms with Crippen LogP contribution in [0.4, 0.5) is 11.4 Å². The highest BCUT2D eigenvalue weighted by Crippen LogP contribution is 2.30. The Bertz CT molecular complexity index is 825. The van der Waals surface area contributed by atoms with Crippen LogP contribution < -0.4 is 15.8 Å². The Morgan fingerprint density at radius 2 is 1.93 bits per heavy atom. The van der Waals surface area contributed by atoms with Crippen LogP contribution in [0.5, 0.6) is 5.75 Å². The molecule has 0 saturated heterocycles. The van der Waals surface area contributed by atoms with Gasteiger partial charge in [0, 0.05) is 12.2 Å². The smallest absolute Gasteiger partial charge is 0.248 e. The molecule has 1 amide bonds. The van der Waals surface area contributed by atoms with Gasteiger partial charge in [0.05, 0.1) is 24.1 Å². The highest BCUT2D eigenvalue weighted by atomic mass is 16.5. The molecule has 5 N–H and O–H groups in total. The van der Waals surface area contributed by atoms with Crippen LogP contribution in [-0.2, 0) is 9.53 Å². The van der Waals surface area contributed by atoms with Crippen LogP contribution in [0.2, 0.25) is 0 Å². The molecule has 0 aliphatic rings. The van der Waals surface area contributed by atoms with Crippen molar-refractivity contribution in [2.24, 2.45) is 0 Å². The van der Waals surface area contributed by atoms with E-state index >= 15 is 0 Å². The maximum absolute atomic E-state index is 12.1. The zero-order valence-electron chi connectivity index (χ0n) is 17.2. The number of carbonyl (C=O) groups is 1. The Labute approximate surface area is 177 Å². The Kier molecular flexibility index (Phi) is 9.86. The Morgan fingerprint density at radius 1 is 1.20 bits per heavy atom. The fourth-order valence-corrected chi connectivity index (χ4v) is 2.99. The normalized spacial score (nSPS) is 13.2. The van der Waals surface area contributed by atoms with Crippen molar-refractivity contribution >= 4 is 17.3 Å². The number of para-hydroxylation sites is 3.